The van der Waals surface area contributed by atoms with E-state index in [2.05, 4.69) is 31.0 Å². The van der Waals surface area contributed by atoms with Gasteiger partial charge < -0.3 is 10.6 Å². The van der Waals surface area contributed by atoms with Crippen molar-refractivity contribution in [3.8, 4) is 0 Å². The van der Waals surface area contributed by atoms with Crippen molar-refractivity contribution in [2.45, 2.75) is 20.3 Å². The minimum absolute atomic E-state index is 0.869. The summed E-state index contributed by atoms with van der Waals surface area (Å²) in [6.45, 7) is 5.31. The van der Waals surface area contributed by atoms with Gasteiger partial charge in [0.1, 0.15) is 0 Å². The van der Waals surface area contributed by atoms with Crippen LogP contribution in [0.2, 0.25) is 0 Å². The van der Waals surface area contributed by atoms with Crippen LogP contribution in [0, 0.1) is 6.92 Å². The number of hydrogen-bond acceptors (Lipinski definition) is 2. The maximum absolute atomic E-state index is 5.74. The highest BCUT2D eigenvalue weighted by Gasteiger charge is 2.00. The molecule has 0 aliphatic carbocycles. The van der Waals surface area contributed by atoms with Gasteiger partial charge in [-0.3, -0.25) is 0 Å². The summed E-state index contributed by atoms with van der Waals surface area (Å²) in [4.78, 5) is 2.24. The molecule has 2 N–H and O–H groups in total. The quantitative estimate of drug-likeness (QED) is 0.720. The smallest absolute Gasteiger partial charge is 0.0367 e. The predicted molar refractivity (Wildman–Crippen MR) is 59.2 cm³/mol. The van der Waals surface area contributed by atoms with Crippen molar-refractivity contribution in [1.82, 2.24) is 0 Å². The molecule has 0 fully saturated rings. The molecule has 2 nitrogen and oxygen atoms in total. The van der Waals surface area contributed by atoms with Crippen molar-refractivity contribution in [3.63, 3.8) is 0 Å². The van der Waals surface area contributed by atoms with E-state index in [1.165, 1.54) is 12.1 Å². The van der Waals surface area contributed by atoms with Crippen LogP contribution >= 0.6 is 0 Å². The second-order valence-corrected chi connectivity index (χ2v) is 3.46. The van der Waals surface area contributed by atoms with Gasteiger partial charge in [0, 0.05) is 25.0 Å². The van der Waals surface area contributed by atoms with E-state index in [-0.39, 0.29) is 0 Å². The predicted octanol–water partition coefficient (Wildman–Crippen LogP) is 2.42. The van der Waals surface area contributed by atoms with Crippen LogP contribution < -0.4 is 10.6 Å². The fraction of sp³-hybridized carbons (Fsp3) is 0.455. The van der Waals surface area contributed by atoms with Crippen molar-refractivity contribution in [2.75, 3.05) is 24.2 Å². The highest BCUT2D eigenvalue weighted by Crippen LogP contribution is 2.19. The fourth-order valence-electron chi connectivity index (χ4n) is 1.36. The molecule has 0 amide bonds. The Kier molecular flexibility index (Phi) is 3.18. The van der Waals surface area contributed by atoms with Crippen LogP contribution in [0.15, 0.2) is 18.2 Å². The summed E-state index contributed by atoms with van der Waals surface area (Å²) in [5, 5.41) is 0. The van der Waals surface area contributed by atoms with Crippen molar-refractivity contribution in [3.05, 3.63) is 23.8 Å². The Labute approximate surface area is 80.4 Å². The van der Waals surface area contributed by atoms with Gasteiger partial charge in [0.2, 0.25) is 0 Å². The van der Waals surface area contributed by atoms with Crippen molar-refractivity contribution < 1.29 is 0 Å². The minimum Gasteiger partial charge on any atom is -0.399 e. The Hall–Kier alpha value is -1.18. The van der Waals surface area contributed by atoms with Gasteiger partial charge in [0.05, 0.1) is 0 Å². The lowest BCUT2D eigenvalue weighted by molar-refractivity contribution is 0.852. The summed E-state index contributed by atoms with van der Waals surface area (Å²) >= 11 is 0. The van der Waals surface area contributed by atoms with E-state index in [1.807, 2.05) is 13.0 Å². The Bertz CT molecular complexity index is 281. The Morgan fingerprint density at radius 2 is 2.08 bits per heavy atom. The number of aryl methyl sites for hydroxylation is 1. The molecule has 2 heteroatoms. The summed E-state index contributed by atoms with van der Waals surface area (Å²) in [7, 11) is 2.11. The first-order valence-corrected chi connectivity index (χ1v) is 4.72. The lowest BCUT2D eigenvalue weighted by Crippen LogP contribution is -2.17. The molecule has 0 saturated carbocycles. The summed E-state index contributed by atoms with van der Waals surface area (Å²) in [6.07, 6.45) is 1.17. The largest absolute Gasteiger partial charge is 0.399 e. The van der Waals surface area contributed by atoms with E-state index >= 15 is 0 Å². The van der Waals surface area contributed by atoms with Crippen LogP contribution in [0.1, 0.15) is 18.9 Å². The number of benzene rings is 1. The molecule has 0 aliphatic heterocycles. The SMILES string of the molecule is CCCN(C)c1ccc(N)c(C)c1. The van der Waals surface area contributed by atoms with Crippen LogP contribution in [0.3, 0.4) is 0 Å². The molecule has 0 aliphatic rings. The maximum Gasteiger partial charge on any atom is 0.0367 e. The molecule has 0 unspecified atom stereocenters. The van der Waals surface area contributed by atoms with E-state index in [0.29, 0.717) is 0 Å². The summed E-state index contributed by atoms with van der Waals surface area (Å²) < 4.78 is 0. The Morgan fingerprint density at radius 3 is 2.62 bits per heavy atom. The van der Waals surface area contributed by atoms with Gasteiger partial charge >= 0.3 is 0 Å². The number of rotatable bonds is 3. The molecule has 0 bridgehead atoms. The summed E-state index contributed by atoms with van der Waals surface area (Å²) in [5.74, 6) is 0. The fourth-order valence-corrected chi connectivity index (χ4v) is 1.36. The van der Waals surface area contributed by atoms with Gasteiger partial charge in [-0.05, 0) is 37.1 Å². The number of anilines is 2. The zero-order chi connectivity index (χ0) is 9.84. The molecule has 0 atom stereocenters. The monoisotopic (exact) mass is 178 g/mol. The topological polar surface area (TPSA) is 29.3 Å². The molecular formula is C11H18N2. The van der Waals surface area contributed by atoms with Gasteiger partial charge in [0.25, 0.3) is 0 Å². The number of nitrogen functional groups attached to an aromatic ring is 1. The van der Waals surface area contributed by atoms with Crippen LogP contribution in [-0.2, 0) is 0 Å². The highest BCUT2D eigenvalue weighted by atomic mass is 15.1. The van der Waals surface area contributed by atoms with E-state index in [4.69, 9.17) is 5.73 Å². The van der Waals surface area contributed by atoms with E-state index < -0.39 is 0 Å². The molecule has 13 heavy (non-hydrogen) atoms. The highest BCUT2D eigenvalue weighted by molar-refractivity contribution is 5.57. The number of hydrogen-bond donors (Lipinski definition) is 1. The van der Waals surface area contributed by atoms with Crippen LogP contribution in [-0.4, -0.2) is 13.6 Å². The maximum atomic E-state index is 5.74. The zero-order valence-electron chi connectivity index (χ0n) is 8.67. The summed E-state index contributed by atoms with van der Waals surface area (Å²) in [5.41, 5.74) is 9.01. The normalized spacial score (nSPS) is 10.1. The van der Waals surface area contributed by atoms with Crippen molar-refractivity contribution in [1.29, 1.82) is 0 Å². The second kappa shape index (κ2) is 4.17. The lowest BCUT2D eigenvalue weighted by atomic mass is 10.1. The first-order chi connectivity index (χ1) is 6.15. The molecule has 0 spiro atoms. The van der Waals surface area contributed by atoms with Gasteiger partial charge in [-0.15, -0.1) is 0 Å². The molecule has 1 aromatic carbocycles. The molecule has 1 aromatic rings. The Morgan fingerprint density at radius 1 is 1.38 bits per heavy atom. The summed E-state index contributed by atoms with van der Waals surface area (Å²) in [6, 6.07) is 6.17. The molecular weight excluding hydrogens is 160 g/mol. The van der Waals surface area contributed by atoms with E-state index in [0.717, 1.165) is 17.8 Å². The third-order valence-corrected chi connectivity index (χ3v) is 2.25. The molecule has 0 heterocycles. The van der Waals surface area contributed by atoms with Gasteiger partial charge in [-0.25, -0.2) is 0 Å². The standard InChI is InChI=1S/C11H18N2/c1-4-7-13(3)10-5-6-11(12)9(2)8-10/h5-6,8H,4,7,12H2,1-3H3. The van der Waals surface area contributed by atoms with Crippen LogP contribution in [0.5, 0.6) is 0 Å². The third-order valence-electron chi connectivity index (χ3n) is 2.25. The minimum atomic E-state index is 0.869. The van der Waals surface area contributed by atoms with Crippen molar-refractivity contribution >= 4 is 11.4 Å². The molecule has 72 valence electrons. The number of nitrogens with zero attached hydrogens (tertiary/aromatic N) is 1. The van der Waals surface area contributed by atoms with E-state index in [1.54, 1.807) is 0 Å². The Balaban J connectivity index is 2.84. The average Bonchev–Trinajstić information content (AvgIpc) is 2.10. The number of nitrogens with two attached hydrogens (primary N) is 1. The zero-order valence-corrected chi connectivity index (χ0v) is 8.67. The van der Waals surface area contributed by atoms with Crippen LogP contribution in [0.25, 0.3) is 0 Å². The first-order valence-electron chi connectivity index (χ1n) is 4.72. The molecule has 0 radical (unpaired) electrons. The van der Waals surface area contributed by atoms with Crippen molar-refractivity contribution in [2.24, 2.45) is 0 Å². The van der Waals surface area contributed by atoms with Crippen LogP contribution in [0.4, 0.5) is 11.4 Å². The van der Waals surface area contributed by atoms with Gasteiger partial charge in [0.15, 0.2) is 0 Å². The van der Waals surface area contributed by atoms with Gasteiger partial charge in [-0.1, -0.05) is 6.92 Å². The van der Waals surface area contributed by atoms with Gasteiger partial charge in [-0.2, -0.15) is 0 Å². The average molecular weight is 178 g/mol. The lowest BCUT2D eigenvalue weighted by Gasteiger charge is -2.19. The first kappa shape index (κ1) is 9.90. The third kappa shape index (κ3) is 2.38. The molecule has 1 rings (SSSR count). The molecule has 0 saturated heterocycles. The molecule has 0 aromatic heterocycles. The second-order valence-electron chi connectivity index (χ2n) is 3.46. The van der Waals surface area contributed by atoms with E-state index in [9.17, 15) is 0 Å².